The zero-order chi connectivity index (χ0) is 44.1. The molecule has 0 saturated carbocycles. The number of aromatic nitrogens is 4. The van der Waals surface area contributed by atoms with Gasteiger partial charge in [0, 0.05) is 0 Å². The van der Waals surface area contributed by atoms with E-state index in [0.717, 1.165) is 47.9 Å². The minimum atomic E-state index is -3.72. The third-order valence-corrected chi connectivity index (χ3v) is 11.2. The lowest BCUT2D eigenvalue weighted by molar-refractivity contribution is 0.292. The lowest BCUT2D eigenvalue weighted by atomic mass is 10.1. The molecule has 5 rings (SSSR count). The van der Waals surface area contributed by atoms with Gasteiger partial charge in [0.25, 0.3) is 21.2 Å². The molecule has 0 bridgehead atoms. The first kappa shape index (κ1) is 53.6. The number of alkyl halides is 1. The lowest BCUT2D eigenvalue weighted by Gasteiger charge is -2.21. The Balaban J connectivity index is 0.000000435. The molecule has 62 heavy (non-hydrogen) atoms. The van der Waals surface area contributed by atoms with Crippen molar-refractivity contribution in [2.24, 2.45) is 0 Å². The van der Waals surface area contributed by atoms with Crippen molar-refractivity contribution >= 4 is 33.3 Å². The van der Waals surface area contributed by atoms with Crippen LogP contribution in [0.25, 0.3) is 0 Å². The van der Waals surface area contributed by atoms with Crippen LogP contribution < -0.4 is 20.6 Å². The molecule has 15 heteroatoms. The molecule has 3 aromatic carbocycles. The number of nitrogens with zero attached hydrogens (tertiary/aromatic N) is 4. The van der Waals surface area contributed by atoms with E-state index in [1.54, 1.807) is 24.3 Å². The molecule has 0 fully saturated rings. The number of rotatable bonds is 17. The fourth-order valence-corrected chi connectivity index (χ4v) is 7.02. The van der Waals surface area contributed by atoms with Gasteiger partial charge >= 0.3 is 0 Å². The molecule has 5 aromatic rings. The van der Waals surface area contributed by atoms with Gasteiger partial charge in [0.2, 0.25) is 0 Å². The summed E-state index contributed by atoms with van der Waals surface area (Å²) in [5.41, 5.74) is 3.51. The summed E-state index contributed by atoms with van der Waals surface area (Å²) in [5, 5.41) is 8.36. The van der Waals surface area contributed by atoms with E-state index in [-0.39, 0.29) is 72.3 Å². The number of ether oxygens (including phenoxy) is 2. The van der Waals surface area contributed by atoms with Crippen LogP contribution in [0.3, 0.4) is 0 Å². The number of aryl methyl sites for hydroxylation is 3. The highest BCUT2D eigenvalue weighted by Crippen LogP contribution is 2.24. The Morgan fingerprint density at radius 3 is 1.39 bits per heavy atom. The quantitative estimate of drug-likeness (QED) is 0.0660. The normalized spacial score (nSPS) is 11.5. The van der Waals surface area contributed by atoms with E-state index < -0.39 is 21.2 Å². The molecule has 0 unspecified atom stereocenters. The Kier molecular flexibility index (Phi) is 21.0. The number of hydrogen-bond donors (Lipinski definition) is 0. The second-order valence-electron chi connectivity index (χ2n) is 16.3. The van der Waals surface area contributed by atoms with Crippen molar-refractivity contribution in [3.8, 4) is 11.5 Å². The van der Waals surface area contributed by atoms with Crippen molar-refractivity contribution in [2.45, 2.75) is 131 Å². The summed E-state index contributed by atoms with van der Waals surface area (Å²) in [6, 6.07) is 22.4. The minimum Gasteiger partial charge on any atom is -0.485 e. The number of halogens is 3. The van der Waals surface area contributed by atoms with Crippen LogP contribution in [0.1, 0.15) is 110 Å². The summed E-state index contributed by atoms with van der Waals surface area (Å²) in [7, 11) is -3.72. The predicted octanol–water partition coefficient (Wildman–Crippen LogP) is 11.1. The summed E-state index contributed by atoms with van der Waals surface area (Å²) in [6.45, 7) is 13.6. The van der Waals surface area contributed by atoms with Crippen molar-refractivity contribution in [3.63, 3.8) is 0 Å². The van der Waals surface area contributed by atoms with Gasteiger partial charge in [0.15, 0.2) is 21.5 Å². The number of benzene rings is 3. The van der Waals surface area contributed by atoms with E-state index in [4.69, 9.17) is 36.9 Å². The van der Waals surface area contributed by atoms with Crippen LogP contribution in [0, 0.1) is 6.92 Å². The van der Waals surface area contributed by atoms with Gasteiger partial charge in [0.1, 0.15) is 13.2 Å². The van der Waals surface area contributed by atoms with Gasteiger partial charge in [-0.3, -0.25) is 18.2 Å². The van der Waals surface area contributed by atoms with Crippen molar-refractivity contribution in [1.82, 2.24) is 19.6 Å². The molecule has 2 heterocycles. The molecule has 0 aliphatic heterocycles. The summed E-state index contributed by atoms with van der Waals surface area (Å²) < 4.78 is 55.7. The van der Waals surface area contributed by atoms with Crippen molar-refractivity contribution in [1.29, 1.82) is 0 Å². The average Bonchev–Trinajstić information content (AvgIpc) is 3.19. The van der Waals surface area contributed by atoms with Gasteiger partial charge in [-0.05, 0) is 121 Å². The van der Waals surface area contributed by atoms with Crippen LogP contribution in [0.5, 0.6) is 11.5 Å². The molecule has 0 aliphatic carbocycles. The predicted molar refractivity (Wildman–Crippen MR) is 248 cm³/mol. The molecular formula is C47H63Cl2FN4O7S. The standard InChI is InChI=1S/C26H31ClN2O5S.C19H24ClFN2O2.2CH4/c1-19-8-14-22(15-9-19)35(31,32)34-16-6-5-7-20-10-12-21(13-11-20)18-33-23-17-28-29(26(2,3)4)25(30)24(23)27;1-19(2,3)23-18(24)17(20)16(12-22-23)25-13-15-9-7-14(8-10-15)6-4-5-11-21;;/h8-15,17H,5-7,16,18H2,1-4H3;7-10,12H,4-6,11,13H2,1-3H3;2*1H4/i;21-1;;. The van der Waals surface area contributed by atoms with Gasteiger partial charge < -0.3 is 9.47 Å². The van der Waals surface area contributed by atoms with Crippen LogP contribution in [0.15, 0.2) is 99.7 Å². The first-order valence-corrected chi connectivity index (χ1v) is 22.0. The summed E-state index contributed by atoms with van der Waals surface area (Å²) in [5.74, 6) is 0.529. The summed E-state index contributed by atoms with van der Waals surface area (Å²) >= 11 is 12.3. The van der Waals surface area contributed by atoms with Crippen LogP contribution in [0.2, 0.25) is 10.0 Å². The van der Waals surface area contributed by atoms with E-state index in [1.165, 1.54) is 27.3 Å². The van der Waals surface area contributed by atoms with E-state index in [1.807, 2.05) is 97.0 Å². The number of hydrogen-bond acceptors (Lipinski definition) is 9. The highest BCUT2D eigenvalue weighted by Gasteiger charge is 2.21. The smallest absolute Gasteiger partial charge is 0.296 e. The van der Waals surface area contributed by atoms with E-state index in [2.05, 4.69) is 10.2 Å². The zero-order valence-electron chi connectivity index (χ0n) is 35.3. The molecular weight excluding hydrogens is 854 g/mol. The molecule has 0 atom stereocenters. The third kappa shape index (κ3) is 16.0. The maximum Gasteiger partial charge on any atom is 0.296 e. The van der Waals surface area contributed by atoms with Crippen LogP contribution in [0.4, 0.5) is 4.39 Å². The molecule has 0 spiro atoms. The Morgan fingerprint density at radius 1 is 0.613 bits per heavy atom. The molecule has 340 valence electrons. The minimum absolute atomic E-state index is 0. The molecule has 0 radical (unpaired) electrons. The molecule has 0 saturated heterocycles. The fourth-order valence-electron chi connectivity index (χ4n) is 5.72. The van der Waals surface area contributed by atoms with E-state index in [0.29, 0.717) is 19.4 Å². The van der Waals surface area contributed by atoms with Crippen molar-refractivity contribution < 1.29 is 26.5 Å². The maximum absolute atomic E-state index is 12.4. The van der Waals surface area contributed by atoms with Crippen molar-refractivity contribution in [3.05, 3.63) is 144 Å². The zero-order valence-corrected chi connectivity index (χ0v) is 37.7. The molecule has 0 N–H and O–H groups in total. The highest BCUT2D eigenvalue weighted by molar-refractivity contribution is 7.86. The first-order chi connectivity index (χ1) is 28.3. The van der Waals surface area contributed by atoms with Gasteiger partial charge in [-0.25, -0.2) is 9.36 Å². The van der Waals surface area contributed by atoms with Crippen LogP contribution >= 0.6 is 23.2 Å². The maximum atomic E-state index is 12.4. The van der Waals surface area contributed by atoms with Crippen molar-refractivity contribution in [2.75, 3.05) is 13.3 Å². The number of unbranched alkanes of at least 4 members (excludes halogenated alkanes) is 2. The lowest BCUT2D eigenvalue weighted by Crippen LogP contribution is -2.36. The Hall–Kier alpha value is -4.56. The van der Waals surface area contributed by atoms with Gasteiger partial charge in [-0.15, -0.1) is 0 Å². The Bertz CT molecular complexity index is 2380. The molecule has 0 aliphatic rings. The summed E-state index contributed by atoms with van der Waals surface area (Å²) in [4.78, 5) is 24.9. The summed E-state index contributed by atoms with van der Waals surface area (Å²) in [6.07, 6.45) is 7.47. The van der Waals surface area contributed by atoms with E-state index in [9.17, 15) is 22.4 Å². The Morgan fingerprint density at radius 2 is 1.00 bits per heavy atom. The van der Waals surface area contributed by atoms with Crippen LogP contribution in [-0.2, 0) is 51.4 Å². The van der Waals surface area contributed by atoms with E-state index >= 15 is 0 Å². The fraction of sp³-hybridized carbons (Fsp3) is 0.447. The molecule has 2 aromatic heterocycles. The highest BCUT2D eigenvalue weighted by atomic mass is 35.5. The van der Waals surface area contributed by atoms with Gasteiger partial charge in [-0.2, -0.15) is 18.6 Å². The van der Waals surface area contributed by atoms with Crippen LogP contribution in [-0.4, -0.2) is 41.3 Å². The molecule has 0 amide bonds. The third-order valence-electron chi connectivity index (χ3n) is 9.14. The first-order valence-electron chi connectivity index (χ1n) is 19.8. The average molecular weight is 917 g/mol. The second-order valence-corrected chi connectivity index (χ2v) is 18.7. The topological polar surface area (TPSA) is 132 Å². The Labute approximate surface area is 377 Å². The van der Waals surface area contributed by atoms with Gasteiger partial charge in [0.05, 0.1) is 41.6 Å². The largest absolute Gasteiger partial charge is 0.485 e. The monoisotopic (exact) mass is 915 g/mol. The SMILES string of the molecule is C.C.CC(C)(C)n1ncc(OCc2ccc(CCCC[18F])cc2)c(Cl)c1=O.Cc1ccc(S(=O)(=O)OCCCCc2ccc(COc3cnn(C(C)(C)C)c(=O)c3Cl)cc2)cc1. The van der Waals surface area contributed by atoms with Gasteiger partial charge in [-0.1, -0.05) is 104 Å². The second kappa shape index (κ2) is 24.3. The molecule has 11 nitrogen and oxygen atoms in total.